The highest BCUT2D eigenvalue weighted by atomic mass is 16.4. The fraction of sp³-hybridized carbons (Fsp3) is 0.800. The van der Waals surface area contributed by atoms with E-state index in [9.17, 15) is 4.79 Å². The Balaban J connectivity index is 2.95. The van der Waals surface area contributed by atoms with E-state index in [2.05, 4.69) is 11.2 Å². The van der Waals surface area contributed by atoms with Crippen LogP contribution in [0, 0.1) is 12.3 Å². The van der Waals surface area contributed by atoms with Crippen LogP contribution in [0.3, 0.4) is 0 Å². The van der Waals surface area contributed by atoms with Gasteiger partial charge in [0, 0.05) is 6.42 Å². The zero-order valence-electron chi connectivity index (χ0n) is 11.4. The van der Waals surface area contributed by atoms with Crippen molar-refractivity contribution in [3.05, 3.63) is 0 Å². The molecule has 0 saturated carbocycles. The summed E-state index contributed by atoms with van der Waals surface area (Å²) < 4.78 is 0. The third kappa shape index (κ3) is 15.0. The second-order valence-corrected chi connectivity index (χ2v) is 4.71. The minimum atomic E-state index is -0.778. The average molecular weight is 253 g/mol. The zero-order chi connectivity index (χ0) is 13.5. The molecule has 0 aliphatic carbocycles. The quantitative estimate of drug-likeness (QED) is 0.391. The fourth-order valence-corrected chi connectivity index (χ4v) is 1.91. The number of hydrogen-bond donors (Lipinski definition) is 2. The lowest BCUT2D eigenvalue weighted by molar-refractivity contribution is -0.135. The topological polar surface area (TPSA) is 49.3 Å². The molecule has 0 aromatic heterocycles. The molecule has 2 N–H and O–H groups in total. The first kappa shape index (κ1) is 17.0. The number of carboxylic acid groups (broad SMARTS) is 1. The van der Waals surface area contributed by atoms with E-state index in [0.717, 1.165) is 19.4 Å². The van der Waals surface area contributed by atoms with Gasteiger partial charge in [0.15, 0.2) is 0 Å². The van der Waals surface area contributed by atoms with Crippen LogP contribution in [-0.4, -0.2) is 24.2 Å². The van der Waals surface area contributed by atoms with Crippen molar-refractivity contribution in [2.24, 2.45) is 0 Å². The molecule has 3 heteroatoms. The van der Waals surface area contributed by atoms with Gasteiger partial charge in [0.1, 0.15) is 0 Å². The van der Waals surface area contributed by atoms with Crippen molar-refractivity contribution < 1.29 is 9.90 Å². The fourth-order valence-electron chi connectivity index (χ4n) is 1.91. The van der Waals surface area contributed by atoms with E-state index in [1.54, 1.807) is 0 Å². The summed E-state index contributed by atoms with van der Waals surface area (Å²) in [5.74, 6) is 1.89. The van der Waals surface area contributed by atoms with E-state index in [1.807, 2.05) is 0 Å². The molecule has 0 spiro atoms. The molecule has 3 nitrogen and oxygen atoms in total. The van der Waals surface area contributed by atoms with E-state index in [0.29, 0.717) is 0 Å². The molecule has 0 unspecified atom stereocenters. The molecular weight excluding hydrogens is 226 g/mol. The highest BCUT2D eigenvalue weighted by molar-refractivity contribution is 5.68. The second-order valence-electron chi connectivity index (χ2n) is 4.71. The Morgan fingerprint density at radius 2 is 1.44 bits per heavy atom. The molecule has 0 amide bonds. The smallest absolute Gasteiger partial charge is 0.317 e. The van der Waals surface area contributed by atoms with Gasteiger partial charge < -0.3 is 10.4 Å². The molecule has 0 saturated heterocycles. The molecule has 0 atom stereocenters. The van der Waals surface area contributed by atoms with Gasteiger partial charge in [-0.2, -0.15) is 0 Å². The largest absolute Gasteiger partial charge is 0.480 e. The number of rotatable bonds is 13. The zero-order valence-corrected chi connectivity index (χ0v) is 11.4. The van der Waals surface area contributed by atoms with Crippen molar-refractivity contribution in [2.45, 2.75) is 64.2 Å². The van der Waals surface area contributed by atoms with Crippen molar-refractivity contribution in [2.75, 3.05) is 13.1 Å². The van der Waals surface area contributed by atoms with E-state index in [-0.39, 0.29) is 6.54 Å². The summed E-state index contributed by atoms with van der Waals surface area (Å²) in [5.41, 5.74) is 0. The third-order valence-electron chi connectivity index (χ3n) is 2.95. The van der Waals surface area contributed by atoms with Crippen LogP contribution in [0.1, 0.15) is 64.2 Å². The summed E-state index contributed by atoms with van der Waals surface area (Å²) in [4.78, 5) is 10.2. The summed E-state index contributed by atoms with van der Waals surface area (Å²) in [5, 5.41) is 11.3. The predicted octanol–water partition coefficient (Wildman–Crippen LogP) is 3.19. The van der Waals surface area contributed by atoms with Gasteiger partial charge in [-0.1, -0.05) is 44.9 Å². The van der Waals surface area contributed by atoms with Gasteiger partial charge in [-0.25, -0.2) is 0 Å². The second kappa shape index (κ2) is 14.1. The van der Waals surface area contributed by atoms with Gasteiger partial charge in [0.05, 0.1) is 6.54 Å². The average Bonchev–Trinajstić information content (AvgIpc) is 2.34. The van der Waals surface area contributed by atoms with Gasteiger partial charge in [-0.3, -0.25) is 4.79 Å². The maximum atomic E-state index is 10.2. The van der Waals surface area contributed by atoms with Gasteiger partial charge in [0.2, 0.25) is 0 Å². The Bertz CT molecular complexity index is 233. The molecule has 0 aliphatic heterocycles. The normalized spacial score (nSPS) is 10.2. The number of terminal acetylenes is 1. The summed E-state index contributed by atoms with van der Waals surface area (Å²) in [6.45, 7) is 0.899. The monoisotopic (exact) mass is 253 g/mol. The van der Waals surface area contributed by atoms with Gasteiger partial charge in [-0.05, 0) is 19.4 Å². The lowest BCUT2D eigenvalue weighted by Gasteiger charge is -2.03. The number of hydrogen-bond acceptors (Lipinski definition) is 2. The lowest BCUT2D eigenvalue weighted by atomic mass is 10.1. The number of carbonyl (C=O) groups is 1. The molecule has 0 heterocycles. The first-order valence-corrected chi connectivity index (χ1v) is 7.13. The summed E-state index contributed by atoms with van der Waals surface area (Å²) >= 11 is 0. The predicted molar refractivity (Wildman–Crippen MR) is 75.5 cm³/mol. The lowest BCUT2D eigenvalue weighted by Crippen LogP contribution is -2.23. The number of nitrogens with one attached hydrogen (secondary N) is 1. The molecule has 104 valence electrons. The molecule has 0 fully saturated rings. The van der Waals surface area contributed by atoms with Crippen LogP contribution in [0.4, 0.5) is 0 Å². The summed E-state index contributed by atoms with van der Waals surface area (Å²) in [7, 11) is 0. The molecule has 0 bridgehead atoms. The maximum absolute atomic E-state index is 10.2. The minimum Gasteiger partial charge on any atom is -0.480 e. The minimum absolute atomic E-state index is 0.0810. The van der Waals surface area contributed by atoms with Gasteiger partial charge in [-0.15, -0.1) is 12.3 Å². The van der Waals surface area contributed by atoms with Crippen LogP contribution in [-0.2, 0) is 4.79 Å². The van der Waals surface area contributed by atoms with Crippen LogP contribution >= 0.6 is 0 Å². The molecule has 0 aromatic carbocycles. The van der Waals surface area contributed by atoms with Crippen molar-refractivity contribution in [1.29, 1.82) is 0 Å². The van der Waals surface area contributed by atoms with Crippen molar-refractivity contribution >= 4 is 5.97 Å². The Morgan fingerprint density at radius 3 is 1.94 bits per heavy atom. The SMILES string of the molecule is C#CCCCCCCCCCCCNCC(=O)O. The molecule has 0 rings (SSSR count). The Morgan fingerprint density at radius 1 is 0.944 bits per heavy atom. The van der Waals surface area contributed by atoms with Crippen molar-refractivity contribution in [3.8, 4) is 12.3 Å². The number of aliphatic carboxylic acids is 1. The van der Waals surface area contributed by atoms with Crippen LogP contribution in [0.15, 0.2) is 0 Å². The van der Waals surface area contributed by atoms with Crippen LogP contribution in [0.25, 0.3) is 0 Å². The molecule has 0 aromatic rings. The van der Waals surface area contributed by atoms with E-state index < -0.39 is 5.97 Å². The van der Waals surface area contributed by atoms with Gasteiger partial charge in [0.25, 0.3) is 0 Å². The molecule has 18 heavy (non-hydrogen) atoms. The summed E-state index contributed by atoms with van der Waals surface area (Å²) in [6, 6.07) is 0. The highest BCUT2D eigenvalue weighted by Gasteiger charge is 1.95. The molecule has 0 aliphatic rings. The van der Waals surface area contributed by atoms with Crippen LogP contribution in [0.2, 0.25) is 0 Å². The number of unbranched alkanes of at least 4 members (excludes halogenated alkanes) is 9. The summed E-state index contributed by atoms with van der Waals surface area (Å²) in [6.07, 6.45) is 17.3. The molecule has 0 radical (unpaired) electrons. The standard InChI is InChI=1S/C15H27NO2/c1-2-3-4-5-6-7-8-9-10-11-12-13-16-14-15(17)18/h1,16H,3-14H2,(H,17,18). The van der Waals surface area contributed by atoms with Crippen molar-refractivity contribution in [1.82, 2.24) is 5.32 Å². The highest BCUT2D eigenvalue weighted by Crippen LogP contribution is 2.10. The van der Waals surface area contributed by atoms with Gasteiger partial charge >= 0.3 is 5.97 Å². The number of carboxylic acids is 1. The van der Waals surface area contributed by atoms with E-state index in [4.69, 9.17) is 11.5 Å². The maximum Gasteiger partial charge on any atom is 0.317 e. The first-order valence-electron chi connectivity index (χ1n) is 7.13. The van der Waals surface area contributed by atoms with Crippen molar-refractivity contribution in [3.63, 3.8) is 0 Å². The first-order chi connectivity index (χ1) is 8.77. The third-order valence-corrected chi connectivity index (χ3v) is 2.95. The Kier molecular flexibility index (Phi) is 13.3. The van der Waals surface area contributed by atoms with E-state index >= 15 is 0 Å². The Labute approximate surface area is 111 Å². The van der Waals surface area contributed by atoms with Crippen LogP contribution < -0.4 is 5.32 Å². The van der Waals surface area contributed by atoms with Crippen LogP contribution in [0.5, 0.6) is 0 Å². The van der Waals surface area contributed by atoms with E-state index in [1.165, 1.54) is 51.4 Å². The Hall–Kier alpha value is -1.01. The molecular formula is C15H27NO2.